The standard InChI is InChI=1S/C18H24N4O2S/c1-20-12-13-22-16(15-6-4-3-5-7-15)14-19-17(22)18(20)8-10-21(11-9-18)25(2,23)24/h3-7,14H,8-13H2,1-2H3. The van der Waals surface area contributed by atoms with Crippen LogP contribution in [0.25, 0.3) is 11.3 Å². The summed E-state index contributed by atoms with van der Waals surface area (Å²) in [6, 6.07) is 10.3. The van der Waals surface area contributed by atoms with Crippen molar-refractivity contribution in [3.05, 3.63) is 42.4 Å². The molecule has 1 fully saturated rings. The number of benzene rings is 1. The lowest BCUT2D eigenvalue weighted by Gasteiger charge is -2.49. The normalized spacial score (nSPS) is 21.4. The molecule has 0 saturated carbocycles. The second-order valence-corrected chi connectivity index (χ2v) is 9.08. The molecule has 1 saturated heterocycles. The van der Waals surface area contributed by atoms with Crippen molar-refractivity contribution < 1.29 is 8.42 Å². The molecule has 0 bridgehead atoms. The number of nitrogens with zero attached hydrogens (tertiary/aromatic N) is 4. The zero-order chi connectivity index (χ0) is 17.7. The van der Waals surface area contributed by atoms with Gasteiger partial charge in [0.2, 0.25) is 10.0 Å². The predicted octanol–water partition coefficient (Wildman–Crippen LogP) is 1.75. The largest absolute Gasteiger partial charge is 0.325 e. The van der Waals surface area contributed by atoms with Crippen molar-refractivity contribution in [2.24, 2.45) is 0 Å². The van der Waals surface area contributed by atoms with Gasteiger partial charge < -0.3 is 4.57 Å². The fourth-order valence-electron chi connectivity index (χ4n) is 4.24. The molecule has 0 radical (unpaired) electrons. The van der Waals surface area contributed by atoms with E-state index in [0.29, 0.717) is 13.1 Å². The minimum atomic E-state index is -3.13. The minimum Gasteiger partial charge on any atom is -0.325 e. The van der Waals surface area contributed by atoms with Gasteiger partial charge in [-0.05, 0) is 25.5 Å². The van der Waals surface area contributed by atoms with Crippen molar-refractivity contribution >= 4 is 10.0 Å². The van der Waals surface area contributed by atoms with E-state index >= 15 is 0 Å². The molecule has 1 spiro atoms. The van der Waals surface area contributed by atoms with E-state index in [1.54, 1.807) is 4.31 Å². The van der Waals surface area contributed by atoms with Gasteiger partial charge in [-0.1, -0.05) is 30.3 Å². The molecule has 3 heterocycles. The molecule has 4 rings (SSSR count). The Kier molecular flexibility index (Phi) is 3.97. The molecule has 134 valence electrons. The quantitative estimate of drug-likeness (QED) is 0.819. The molecule has 2 aromatic rings. The van der Waals surface area contributed by atoms with E-state index in [-0.39, 0.29) is 5.54 Å². The molecule has 1 aromatic carbocycles. The summed E-state index contributed by atoms with van der Waals surface area (Å²) in [7, 11) is -0.991. The van der Waals surface area contributed by atoms with Crippen LogP contribution in [0.15, 0.2) is 36.5 Å². The van der Waals surface area contributed by atoms with Crippen LogP contribution in [0, 0.1) is 0 Å². The van der Waals surface area contributed by atoms with Crippen LogP contribution in [0.1, 0.15) is 18.7 Å². The Morgan fingerprint density at radius 2 is 1.72 bits per heavy atom. The Hall–Kier alpha value is -1.70. The maximum absolute atomic E-state index is 11.9. The molecule has 1 aromatic heterocycles. The Morgan fingerprint density at radius 3 is 2.36 bits per heavy atom. The van der Waals surface area contributed by atoms with E-state index < -0.39 is 10.0 Å². The first kappa shape index (κ1) is 16.8. The number of hydrogen-bond donors (Lipinski definition) is 0. The topological polar surface area (TPSA) is 58.4 Å². The van der Waals surface area contributed by atoms with Crippen LogP contribution in [0.3, 0.4) is 0 Å². The van der Waals surface area contributed by atoms with E-state index in [1.807, 2.05) is 24.4 Å². The molecule has 0 aliphatic carbocycles. The number of likely N-dealkylation sites (N-methyl/N-ethyl adjacent to an activating group) is 1. The average Bonchev–Trinajstić information content (AvgIpc) is 3.04. The third-order valence-corrected chi connectivity index (χ3v) is 7.05. The van der Waals surface area contributed by atoms with Gasteiger partial charge in [-0.3, -0.25) is 4.90 Å². The van der Waals surface area contributed by atoms with Crippen molar-refractivity contribution in [1.29, 1.82) is 0 Å². The highest BCUT2D eigenvalue weighted by atomic mass is 32.2. The number of piperidine rings is 1. The molecule has 7 heteroatoms. The highest BCUT2D eigenvalue weighted by Crippen LogP contribution is 2.41. The van der Waals surface area contributed by atoms with Crippen LogP contribution < -0.4 is 0 Å². The van der Waals surface area contributed by atoms with Gasteiger partial charge in [0.15, 0.2) is 0 Å². The Bertz CT molecular complexity index is 868. The summed E-state index contributed by atoms with van der Waals surface area (Å²) in [4.78, 5) is 7.17. The van der Waals surface area contributed by atoms with Gasteiger partial charge in [0.25, 0.3) is 0 Å². The third kappa shape index (κ3) is 2.70. The van der Waals surface area contributed by atoms with Crippen LogP contribution in [-0.2, 0) is 22.1 Å². The second-order valence-electron chi connectivity index (χ2n) is 7.10. The molecule has 0 N–H and O–H groups in total. The Labute approximate surface area is 149 Å². The van der Waals surface area contributed by atoms with Gasteiger partial charge in [-0.2, -0.15) is 0 Å². The van der Waals surface area contributed by atoms with Gasteiger partial charge in [0, 0.05) is 26.2 Å². The third-order valence-electron chi connectivity index (χ3n) is 5.75. The summed E-state index contributed by atoms with van der Waals surface area (Å²) in [5.74, 6) is 1.08. The lowest BCUT2D eigenvalue weighted by atomic mass is 9.84. The van der Waals surface area contributed by atoms with Crippen molar-refractivity contribution in [1.82, 2.24) is 18.8 Å². The zero-order valence-corrected chi connectivity index (χ0v) is 15.5. The monoisotopic (exact) mass is 360 g/mol. The second kappa shape index (κ2) is 5.93. The van der Waals surface area contributed by atoms with Crippen molar-refractivity contribution in [2.75, 3.05) is 32.9 Å². The van der Waals surface area contributed by atoms with Gasteiger partial charge in [0.1, 0.15) is 5.82 Å². The maximum atomic E-state index is 11.9. The minimum absolute atomic E-state index is 0.174. The summed E-state index contributed by atoms with van der Waals surface area (Å²) in [5.41, 5.74) is 2.15. The smallest absolute Gasteiger partial charge is 0.211 e. The van der Waals surface area contributed by atoms with Crippen LogP contribution in [0.5, 0.6) is 0 Å². The van der Waals surface area contributed by atoms with Gasteiger partial charge in [0.05, 0.1) is 23.7 Å². The number of sulfonamides is 1. The molecule has 0 amide bonds. The average molecular weight is 360 g/mol. The van der Waals surface area contributed by atoms with Crippen LogP contribution in [0.2, 0.25) is 0 Å². The Morgan fingerprint density at radius 1 is 1.04 bits per heavy atom. The highest BCUT2D eigenvalue weighted by molar-refractivity contribution is 7.88. The van der Waals surface area contributed by atoms with Crippen LogP contribution in [-0.4, -0.2) is 60.1 Å². The summed E-state index contributed by atoms with van der Waals surface area (Å²) in [5, 5.41) is 0. The molecule has 2 aliphatic heterocycles. The number of aromatic nitrogens is 2. The summed E-state index contributed by atoms with van der Waals surface area (Å²) in [6.07, 6.45) is 4.82. The SMILES string of the molecule is CN1CCn2c(-c3ccccc3)cnc2C12CCN(S(C)(=O)=O)CC2. The first-order valence-electron chi connectivity index (χ1n) is 8.70. The summed E-state index contributed by atoms with van der Waals surface area (Å²) in [6.45, 7) is 2.96. The lowest BCUT2D eigenvalue weighted by molar-refractivity contribution is 0.0276. The molecule has 0 atom stereocenters. The molecule has 2 aliphatic rings. The van der Waals surface area contributed by atoms with Gasteiger partial charge in [-0.25, -0.2) is 17.7 Å². The summed E-state index contributed by atoms with van der Waals surface area (Å²) < 4.78 is 27.6. The number of hydrogen-bond acceptors (Lipinski definition) is 4. The zero-order valence-electron chi connectivity index (χ0n) is 14.7. The lowest BCUT2D eigenvalue weighted by Crippen LogP contribution is -2.56. The molecular weight excluding hydrogens is 336 g/mol. The molecule has 6 nitrogen and oxygen atoms in total. The maximum Gasteiger partial charge on any atom is 0.211 e. The van der Waals surface area contributed by atoms with Crippen molar-refractivity contribution in [2.45, 2.75) is 24.9 Å². The highest BCUT2D eigenvalue weighted by Gasteiger charge is 2.46. The van der Waals surface area contributed by atoms with E-state index in [1.165, 1.54) is 11.8 Å². The number of imidazole rings is 1. The van der Waals surface area contributed by atoms with E-state index in [2.05, 4.69) is 28.6 Å². The molecular formula is C18H24N4O2S. The van der Waals surface area contributed by atoms with Crippen molar-refractivity contribution in [3.63, 3.8) is 0 Å². The number of fused-ring (bicyclic) bond motifs is 2. The fourth-order valence-corrected chi connectivity index (χ4v) is 5.09. The number of rotatable bonds is 2. The fraction of sp³-hybridized carbons (Fsp3) is 0.500. The van der Waals surface area contributed by atoms with E-state index in [9.17, 15) is 8.42 Å². The Balaban J connectivity index is 1.72. The first-order valence-corrected chi connectivity index (χ1v) is 10.5. The van der Waals surface area contributed by atoms with E-state index in [4.69, 9.17) is 4.98 Å². The summed E-state index contributed by atoms with van der Waals surface area (Å²) >= 11 is 0. The molecule has 25 heavy (non-hydrogen) atoms. The van der Waals surface area contributed by atoms with Crippen LogP contribution >= 0.6 is 0 Å². The van der Waals surface area contributed by atoms with Crippen LogP contribution in [0.4, 0.5) is 0 Å². The van der Waals surface area contributed by atoms with Crippen molar-refractivity contribution in [3.8, 4) is 11.3 Å². The first-order chi connectivity index (χ1) is 11.9. The predicted molar refractivity (Wildman–Crippen MR) is 97.6 cm³/mol. The molecule has 0 unspecified atom stereocenters. The van der Waals surface area contributed by atoms with Gasteiger partial charge in [-0.15, -0.1) is 0 Å². The van der Waals surface area contributed by atoms with E-state index in [0.717, 1.165) is 37.4 Å². The van der Waals surface area contributed by atoms with Gasteiger partial charge >= 0.3 is 0 Å².